The summed E-state index contributed by atoms with van der Waals surface area (Å²) in [5.74, 6) is -0.629. The highest BCUT2D eigenvalue weighted by Gasteiger charge is 2.26. The average Bonchev–Trinajstić information content (AvgIpc) is 3.40. The van der Waals surface area contributed by atoms with Crippen LogP contribution in [0, 0.1) is 6.92 Å². The van der Waals surface area contributed by atoms with Crippen molar-refractivity contribution in [1.82, 2.24) is 20.2 Å². The van der Waals surface area contributed by atoms with Gasteiger partial charge in [0, 0.05) is 54.6 Å². The molecule has 43 heavy (non-hydrogen) atoms. The predicted molar refractivity (Wildman–Crippen MR) is 168 cm³/mol. The number of benzene rings is 2. The van der Waals surface area contributed by atoms with Crippen molar-refractivity contribution in [3.63, 3.8) is 0 Å². The molecule has 2 aromatic carbocycles. The quantitative estimate of drug-likeness (QED) is 0.232. The molecule has 2 heterocycles. The Morgan fingerprint density at radius 1 is 1.05 bits per heavy atom. The van der Waals surface area contributed by atoms with Gasteiger partial charge >= 0.3 is 0 Å². The Labute approximate surface area is 256 Å². The molecule has 2 amide bonds. The number of aromatic nitrogens is 2. The number of halogens is 1. The predicted octanol–water partition coefficient (Wildman–Crippen LogP) is 5.16. The molecule has 2 N–H and O–H groups in total. The number of hydrogen-bond acceptors (Lipinski definition) is 7. The van der Waals surface area contributed by atoms with Crippen LogP contribution in [-0.2, 0) is 18.6 Å². The number of nitrogens with zero attached hydrogens (tertiary/aromatic N) is 4. The Morgan fingerprint density at radius 2 is 1.77 bits per heavy atom. The molecule has 0 aliphatic rings. The van der Waals surface area contributed by atoms with Crippen LogP contribution in [0.1, 0.15) is 56.4 Å². The minimum Gasteiger partial charge on any atom is -0.389 e. The number of amides is 2. The van der Waals surface area contributed by atoms with Gasteiger partial charge in [0.1, 0.15) is 10.7 Å². The zero-order valence-corrected chi connectivity index (χ0v) is 25.9. The average molecular weight is 604 g/mol. The Balaban J connectivity index is 1.49. The molecule has 4 aromatic rings. The van der Waals surface area contributed by atoms with E-state index >= 15 is 0 Å². The van der Waals surface area contributed by atoms with Crippen molar-refractivity contribution in [1.29, 1.82) is 0 Å². The molecule has 0 aliphatic heterocycles. The van der Waals surface area contributed by atoms with Gasteiger partial charge in [0.05, 0.1) is 30.6 Å². The van der Waals surface area contributed by atoms with Gasteiger partial charge in [-0.1, -0.05) is 36.4 Å². The number of aliphatic hydroxyl groups is 1. The number of alkyl halides is 1. The Hall–Kier alpha value is -4.15. The van der Waals surface area contributed by atoms with Gasteiger partial charge in [-0.25, -0.2) is 9.37 Å². The summed E-state index contributed by atoms with van der Waals surface area (Å²) >= 11 is 1.50. The second kappa shape index (κ2) is 13.9. The maximum absolute atomic E-state index is 14.5. The summed E-state index contributed by atoms with van der Waals surface area (Å²) < 4.78 is 14.5. The summed E-state index contributed by atoms with van der Waals surface area (Å²) in [6.45, 7) is 5.38. The van der Waals surface area contributed by atoms with Crippen molar-refractivity contribution in [3.05, 3.63) is 111 Å². The van der Waals surface area contributed by atoms with E-state index in [-0.39, 0.29) is 12.5 Å². The minimum absolute atomic E-state index is 0.162. The fourth-order valence-electron chi connectivity index (χ4n) is 4.64. The zero-order valence-electron chi connectivity index (χ0n) is 25.1. The number of thiazole rings is 1. The van der Waals surface area contributed by atoms with Crippen molar-refractivity contribution in [2.75, 3.05) is 25.5 Å². The lowest BCUT2D eigenvalue weighted by atomic mass is 9.99. The first-order valence-corrected chi connectivity index (χ1v) is 14.9. The topological polar surface area (TPSA) is 98.7 Å². The number of rotatable bonds is 12. The third-order valence-corrected chi connectivity index (χ3v) is 8.10. The van der Waals surface area contributed by atoms with Crippen molar-refractivity contribution in [3.8, 4) is 0 Å². The number of carbonyl (C=O) groups is 2. The van der Waals surface area contributed by atoms with Gasteiger partial charge in [0.25, 0.3) is 11.8 Å². The molecule has 2 aromatic heterocycles. The summed E-state index contributed by atoms with van der Waals surface area (Å²) in [7, 11) is 3.49. The highest BCUT2D eigenvalue weighted by atomic mass is 32.1. The van der Waals surface area contributed by atoms with Crippen molar-refractivity contribution in [2.45, 2.75) is 51.6 Å². The lowest BCUT2D eigenvalue weighted by Gasteiger charge is -2.29. The van der Waals surface area contributed by atoms with E-state index in [1.807, 2.05) is 42.6 Å². The second-order valence-electron chi connectivity index (χ2n) is 11.2. The number of pyridine rings is 1. The number of anilines is 1. The molecule has 0 saturated carbocycles. The second-order valence-corrected chi connectivity index (χ2v) is 12.2. The Kier molecular flexibility index (Phi) is 10.3. The van der Waals surface area contributed by atoms with Crippen LogP contribution in [0.4, 0.5) is 10.1 Å². The fourth-order valence-corrected chi connectivity index (χ4v) is 5.47. The van der Waals surface area contributed by atoms with Crippen LogP contribution in [-0.4, -0.2) is 64.6 Å². The van der Waals surface area contributed by atoms with E-state index in [1.54, 1.807) is 60.4 Å². The van der Waals surface area contributed by atoms with Crippen LogP contribution in [0.5, 0.6) is 0 Å². The van der Waals surface area contributed by atoms with E-state index in [2.05, 4.69) is 15.3 Å². The number of nitrogens with one attached hydrogen (secondary N) is 1. The number of hydrogen-bond donors (Lipinski definition) is 2. The summed E-state index contributed by atoms with van der Waals surface area (Å²) in [5, 5.41) is 17.1. The largest absolute Gasteiger partial charge is 0.389 e. The molecule has 226 valence electrons. The first kappa shape index (κ1) is 31.8. The lowest BCUT2D eigenvalue weighted by molar-refractivity contribution is 0.0784. The minimum atomic E-state index is -1.56. The van der Waals surface area contributed by atoms with Crippen LogP contribution in [0.3, 0.4) is 0 Å². The number of likely N-dealkylation sites (N-methyl/N-ethyl adjacent to an activating group) is 1. The molecule has 2 atom stereocenters. The summed E-state index contributed by atoms with van der Waals surface area (Å²) in [6, 6.07) is 17.2. The van der Waals surface area contributed by atoms with Crippen LogP contribution in [0.25, 0.3) is 0 Å². The van der Waals surface area contributed by atoms with Crippen molar-refractivity contribution >= 4 is 28.8 Å². The number of carbonyl (C=O) groups excluding carboxylic acids is 2. The molecule has 0 radical (unpaired) electrons. The van der Waals surface area contributed by atoms with Crippen molar-refractivity contribution in [2.24, 2.45) is 0 Å². The van der Waals surface area contributed by atoms with E-state index in [4.69, 9.17) is 0 Å². The van der Waals surface area contributed by atoms with Gasteiger partial charge in [-0.15, -0.1) is 11.3 Å². The normalized spacial score (nSPS) is 12.8. The zero-order chi connectivity index (χ0) is 31.1. The third kappa shape index (κ3) is 8.68. The van der Waals surface area contributed by atoms with Gasteiger partial charge in [-0.3, -0.25) is 14.6 Å². The molecule has 0 unspecified atom stereocenters. The molecule has 0 bridgehead atoms. The first-order chi connectivity index (χ1) is 20.4. The molecule has 0 fully saturated rings. The molecule has 0 spiro atoms. The molecule has 0 aliphatic carbocycles. The monoisotopic (exact) mass is 603 g/mol. The number of aliphatic hydroxyl groups excluding tert-OH is 1. The lowest BCUT2D eigenvalue weighted by Crippen LogP contribution is -2.49. The molecule has 4 rings (SSSR count). The standard InChI is InChI=1S/C33H38FN5O3S/c1-22-21-43-30(36-22)20-39(5)32(42)25-13-9-12-24(15-25)31(41)37-28(14-23-10-7-6-8-11-23)29(40)19-38(4)27-16-26(17-35-18-27)33(2,3)34/h6-13,15-18,21,28-29,40H,14,19-20H2,1-5H3,(H,37,41)/t28-,29+/m0/s1. The molecular weight excluding hydrogens is 565 g/mol. The molecular formula is C33H38FN5O3S. The van der Waals surface area contributed by atoms with E-state index in [0.29, 0.717) is 35.3 Å². The summed E-state index contributed by atoms with van der Waals surface area (Å²) in [6.07, 6.45) is 2.51. The van der Waals surface area contributed by atoms with Crippen LogP contribution >= 0.6 is 11.3 Å². The van der Waals surface area contributed by atoms with Crippen LogP contribution in [0.2, 0.25) is 0 Å². The maximum atomic E-state index is 14.5. The fraction of sp³-hybridized carbons (Fsp3) is 0.333. The number of aryl methyl sites for hydroxylation is 1. The van der Waals surface area contributed by atoms with Crippen LogP contribution in [0.15, 0.2) is 78.4 Å². The summed E-state index contributed by atoms with van der Waals surface area (Å²) in [4.78, 5) is 38.6. The smallest absolute Gasteiger partial charge is 0.253 e. The van der Waals surface area contributed by atoms with E-state index in [1.165, 1.54) is 31.4 Å². The molecule has 10 heteroatoms. The highest BCUT2D eigenvalue weighted by molar-refractivity contribution is 7.09. The molecule has 0 saturated heterocycles. The maximum Gasteiger partial charge on any atom is 0.253 e. The Bertz CT molecular complexity index is 1540. The van der Waals surface area contributed by atoms with Gasteiger partial charge < -0.3 is 20.2 Å². The Morgan fingerprint density at radius 3 is 2.44 bits per heavy atom. The van der Waals surface area contributed by atoms with Gasteiger partial charge in [0.15, 0.2) is 0 Å². The van der Waals surface area contributed by atoms with E-state index < -0.39 is 23.7 Å². The van der Waals surface area contributed by atoms with Gasteiger partial charge in [0.2, 0.25) is 0 Å². The van der Waals surface area contributed by atoms with Gasteiger partial charge in [-0.2, -0.15) is 0 Å². The van der Waals surface area contributed by atoms with Crippen molar-refractivity contribution < 1.29 is 19.1 Å². The first-order valence-electron chi connectivity index (χ1n) is 14.1. The van der Waals surface area contributed by atoms with Crippen LogP contribution < -0.4 is 10.2 Å². The SMILES string of the molecule is Cc1csc(CN(C)C(=O)c2cccc(C(=O)N[C@@H](Cc3ccccc3)[C@H](O)CN(C)c3cncc(C(C)(C)F)c3)c2)n1. The molecule has 8 nitrogen and oxygen atoms in total. The van der Waals surface area contributed by atoms with E-state index in [0.717, 1.165) is 16.3 Å². The van der Waals surface area contributed by atoms with E-state index in [9.17, 15) is 19.1 Å². The highest BCUT2D eigenvalue weighted by Crippen LogP contribution is 2.27. The van der Waals surface area contributed by atoms with Gasteiger partial charge in [-0.05, 0) is 57.0 Å². The summed E-state index contributed by atoms with van der Waals surface area (Å²) in [5.41, 5.74) is 2.07. The third-order valence-electron chi connectivity index (χ3n) is 7.15.